The zero-order valence-corrected chi connectivity index (χ0v) is 15.7. The summed E-state index contributed by atoms with van der Waals surface area (Å²) in [5, 5.41) is 2.76. The lowest BCUT2D eigenvalue weighted by Gasteiger charge is -2.07. The Balaban J connectivity index is 1.60. The number of aromatic nitrogens is 3. The van der Waals surface area contributed by atoms with Gasteiger partial charge in [0.25, 0.3) is 5.56 Å². The highest BCUT2D eigenvalue weighted by atomic mass is 32.1. The van der Waals surface area contributed by atoms with Gasteiger partial charge in [0.1, 0.15) is 28.3 Å². The van der Waals surface area contributed by atoms with Crippen molar-refractivity contribution in [2.24, 2.45) is 0 Å². The molecule has 2 aromatic carbocycles. The molecule has 0 bridgehead atoms. The first-order valence-electron chi connectivity index (χ1n) is 8.48. The summed E-state index contributed by atoms with van der Waals surface area (Å²) in [7, 11) is 0. The molecule has 0 aliphatic carbocycles. The van der Waals surface area contributed by atoms with Crippen molar-refractivity contribution in [2.45, 2.75) is 13.5 Å². The number of rotatable bonds is 4. The van der Waals surface area contributed by atoms with Crippen molar-refractivity contribution in [1.29, 1.82) is 0 Å². The molecule has 0 aliphatic heterocycles. The van der Waals surface area contributed by atoms with Crippen molar-refractivity contribution in [3.8, 4) is 11.3 Å². The zero-order chi connectivity index (χ0) is 19.7. The highest BCUT2D eigenvalue weighted by Gasteiger charge is 2.15. The fraction of sp³-hybridized carbons (Fsp3) is 0.100. The molecule has 140 valence electrons. The lowest BCUT2D eigenvalue weighted by molar-refractivity contribution is -0.116. The van der Waals surface area contributed by atoms with Gasteiger partial charge in [-0.1, -0.05) is 17.7 Å². The number of carbonyl (C=O) groups is 1. The average Bonchev–Trinajstić information content (AvgIpc) is 3.11. The second kappa shape index (κ2) is 7.32. The molecule has 0 fully saturated rings. The van der Waals surface area contributed by atoms with E-state index in [2.05, 4.69) is 14.7 Å². The van der Waals surface area contributed by atoms with Gasteiger partial charge < -0.3 is 5.32 Å². The molecule has 0 spiro atoms. The van der Waals surface area contributed by atoms with Crippen molar-refractivity contribution < 1.29 is 9.18 Å². The number of amides is 1. The predicted molar refractivity (Wildman–Crippen MR) is 107 cm³/mol. The highest BCUT2D eigenvalue weighted by molar-refractivity contribution is 7.13. The molecule has 1 N–H and O–H groups in total. The van der Waals surface area contributed by atoms with E-state index in [4.69, 9.17) is 0 Å². The van der Waals surface area contributed by atoms with E-state index in [-0.39, 0.29) is 23.8 Å². The topological polar surface area (TPSA) is 76.9 Å². The van der Waals surface area contributed by atoms with Crippen LogP contribution in [0, 0.1) is 12.7 Å². The molecular weight excluding hydrogens is 379 g/mol. The standard InChI is InChI=1S/C20H15FN4O2S/c1-12-2-8-15(9-3-12)23-16(26)10-25-11-22-18-17(24-28-19(18)20(25)27)13-4-6-14(21)7-5-13/h2-9,11H,10H2,1H3,(H,23,26). The number of aryl methyl sites for hydroxylation is 1. The van der Waals surface area contributed by atoms with Gasteiger partial charge in [-0.25, -0.2) is 9.37 Å². The third-order valence-corrected chi connectivity index (χ3v) is 5.04. The van der Waals surface area contributed by atoms with Gasteiger partial charge in [-0.3, -0.25) is 14.2 Å². The van der Waals surface area contributed by atoms with Crippen LogP contribution in [-0.2, 0) is 11.3 Å². The highest BCUT2D eigenvalue weighted by Crippen LogP contribution is 2.27. The molecule has 1 amide bonds. The number of hydrogen-bond donors (Lipinski definition) is 1. The maximum absolute atomic E-state index is 13.1. The van der Waals surface area contributed by atoms with E-state index >= 15 is 0 Å². The Bertz CT molecular complexity index is 1210. The Morgan fingerprint density at radius 2 is 1.86 bits per heavy atom. The fourth-order valence-electron chi connectivity index (χ4n) is 2.76. The summed E-state index contributed by atoms with van der Waals surface area (Å²) in [6, 6.07) is 13.2. The number of hydrogen-bond acceptors (Lipinski definition) is 5. The second-order valence-corrected chi connectivity index (χ2v) is 7.08. The number of benzene rings is 2. The summed E-state index contributed by atoms with van der Waals surface area (Å²) in [4.78, 5) is 29.3. The number of anilines is 1. The van der Waals surface area contributed by atoms with Crippen LogP contribution in [0.2, 0.25) is 0 Å². The minimum Gasteiger partial charge on any atom is -0.325 e. The van der Waals surface area contributed by atoms with Crippen LogP contribution in [0.3, 0.4) is 0 Å². The molecular formula is C20H15FN4O2S. The Labute approximate surface area is 163 Å². The van der Waals surface area contributed by atoms with Gasteiger partial charge >= 0.3 is 0 Å². The third kappa shape index (κ3) is 3.54. The van der Waals surface area contributed by atoms with E-state index in [1.54, 1.807) is 24.3 Å². The van der Waals surface area contributed by atoms with Crippen LogP contribution in [0.25, 0.3) is 21.5 Å². The molecule has 0 saturated heterocycles. The van der Waals surface area contributed by atoms with Crippen LogP contribution in [-0.4, -0.2) is 19.8 Å². The van der Waals surface area contributed by atoms with Gasteiger partial charge in [-0.2, -0.15) is 4.37 Å². The van der Waals surface area contributed by atoms with Crippen LogP contribution >= 0.6 is 11.5 Å². The lowest BCUT2D eigenvalue weighted by Crippen LogP contribution is -2.27. The van der Waals surface area contributed by atoms with Gasteiger partial charge in [0.05, 0.1) is 6.33 Å². The maximum Gasteiger partial charge on any atom is 0.273 e. The Hall–Kier alpha value is -3.39. The Morgan fingerprint density at radius 1 is 1.14 bits per heavy atom. The summed E-state index contributed by atoms with van der Waals surface area (Å²) < 4.78 is 19.0. The molecule has 4 aromatic rings. The van der Waals surface area contributed by atoms with E-state index < -0.39 is 0 Å². The number of nitrogens with zero attached hydrogens (tertiary/aromatic N) is 3. The van der Waals surface area contributed by atoms with Crippen molar-refractivity contribution in [2.75, 3.05) is 5.32 Å². The molecule has 2 heterocycles. The van der Waals surface area contributed by atoms with Gasteiger partial charge in [-0.05, 0) is 54.9 Å². The van der Waals surface area contributed by atoms with Crippen molar-refractivity contribution >= 4 is 33.3 Å². The molecule has 0 unspecified atom stereocenters. The molecule has 0 aliphatic rings. The minimum absolute atomic E-state index is 0.153. The number of carbonyl (C=O) groups excluding carboxylic acids is 1. The van der Waals surface area contributed by atoms with E-state index in [1.807, 2.05) is 19.1 Å². The summed E-state index contributed by atoms with van der Waals surface area (Å²) >= 11 is 1.02. The molecule has 4 rings (SSSR count). The summed E-state index contributed by atoms with van der Waals surface area (Å²) in [6.07, 6.45) is 1.33. The molecule has 2 aromatic heterocycles. The Morgan fingerprint density at radius 3 is 2.57 bits per heavy atom. The van der Waals surface area contributed by atoms with Gasteiger partial charge in [0, 0.05) is 11.3 Å². The minimum atomic E-state index is -0.349. The second-order valence-electron chi connectivity index (χ2n) is 6.31. The molecule has 0 saturated carbocycles. The van der Waals surface area contributed by atoms with Crippen molar-refractivity contribution in [3.63, 3.8) is 0 Å². The SMILES string of the molecule is Cc1ccc(NC(=O)Cn2cnc3c(-c4ccc(F)cc4)nsc3c2=O)cc1. The first kappa shape index (κ1) is 18.0. The van der Waals surface area contributed by atoms with Crippen LogP contribution in [0.1, 0.15) is 5.56 Å². The van der Waals surface area contributed by atoms with Crippen molar-refractivity contribution in [3.05, 3.63) is 76.6 Å². The van der Waals surface area contributed by atoms with Gasteiger partial charge in [0.2, 0.25) is 5.91 Å². The van der Waals surface area contributed by atoms with Crippen LogP contribution in [0.4, 0.5) is 10.1 Å². The van der Waals surface area contributed by atoms with E-state index in [0.29, 0.717) is 27.2 Å². The number of fused-ring (bicyclic) bond motifs is 1. The van der Waals surface area contributed by atoms with Gasteiger partial charge in [-0.15, -0.1) is 0 Å². The monoisotopic (exact) mass is 394 g/mol. The smallest absolute Gasteiger partial charge is 0.273 e. The van der Waals surface area contributed by atoms with Crippen molar-refractivity contribution in [1.82, 2.24) is 13.9 Å². The quantitative estimate of drug-likeness (QED) is 0.574. The fourth-order valence-corrected chi connectivity index (χ4v) is 3.56. The van der Waals surface area contributed by atoms with E-state index in [9.17, 15) is 14.0 Å². The average molecular weight is 394 g/mol. The Kier molecular flexibility index (Phi) is 4.70. The summed E-state index contributed by atoms with van der Waals surface area (Å²) in [5.41, 5.74) is 3.05. The van der Waals surface area contributed by atoms with Crippen LogP contribution in [0.5, 0.6) is 0 Å². The summed E-state index contributed by atoms with van der Waals surface area (Å²) in [5.74, 6) is -0.673. The first-order chi connectivity index (χ1) is 13.5. The normalized spacial score (nSPS) is 10.9. The molecule has 6 nitrogen and oxygen atoms in total. The maximum atomic E-state index is 13.1. The molecule has 28 heavy (non-hydrogen) atoms. The molecule has 0 atom stereocenters. The van der Waals surface area contributed by atoms with Gasteiger partial charge in [0.15, 0.2) is 0 Å². The molecule has 0 radical (unpaired) electrons. The van der Waals surface area contributed by atoms with Crippen LogP contribution in [0.15, 0.2) is 59.7 Å². The van der Waals surface area contributed by atoms with E-state index in [1.165, 1.54) is 23.0 Å². The zero-order valence-electron chi connectivity index (χ0n) is 14.8. The lowest BCUT2D eigenvalue weighted by atomic mass is 10.1. The largest absolute Gasteiger partial charge is 0.325 e. The first-order valence-corrected chi connectivity index (χ1v) is 9.26. The number of halogens is 1. The number of nitrogens with one attached hydrogen (secondary N) is 1. The van der Waals surface area contributed by atoms with E-state index in [0.717, 1.165) is 17.1 Å². The third-order valence-electron chi connectivity index (χ3n) is 4.22. The summed E-state index contributed by atoms with van der Waals surface area (Å²) in [6.45, 7) is 1.81. The van der Waals surface area contributed by atoms with Crippen LogP contribution < -0.4 is 10.9 Å². The predicted octanol–water partition coefficient (Wildman–Crippen LogP) is 3.61. The molecule has 8 heteroatoms.